The number of allylic oxidation sites excluding steroid dienone is 1. The molecule has 1 heterocycles. The van der Waals surface area contributed by atoms with Gasteiger partial charge in [0, 0.05) is 0 Å². The summed E-state index contributed by atoms with van der Waals surface area (Å²) in [5, 5.41) is 0. The number of rotatable bonds is 23. The van der Waals surface area contributed by atoms with Crippen LogP contribution in [0, 0.1) is 5.92 Å². The minimum atomic E-state index is -0.327. The Hall–Kier alpha value is -1.44. The molecular formula is C26H46O7. The minimum Gasteiger partial charge on any atom is -0.464 e. The number of carbonyl (C=O) groups excluding carboxylic acids is 2. The molecule has 1 aliphatic heterocycles. The maximum Gasteiger partial charge on any atom is 0.332 e. The molecule has 192 valence electrons. The number of hydrogen-bond acceptors (Lipinski definition) is 7. The second-order valence-corrected chi connectivity index (χ2v) is 8.50. The van der Waals surface area contributed by atoms with Crippen LogP contribution in [0.1, 0.15) is 84.5 Å². The first-order valence-corrected chi connectivity index (χ1v) is 12.9. The molecule has 0 aromatic heterocycles. The average molecular weight is 471 g/mol. The third kappa shape index (κ3) is 15.9. The van der Waals surface area contributed by atoms with E-state index in [0.29, 0.717) is 39.6 Å². The Kier molecular flexibility index (Phi) is 18.9. The Labute approximate surface area is 200 Å². The van der Waals surface area contributed by atoms with Crippen LogP contribution < -0.4 is 0 Å². The number of esters is 2. The molecule has 0 saturated carbocycles. The molecule has 0 aromatic rings. The van der Waals surface area contributed by atoms with Crippen molar-refractivity contribution in [1.82, 2.24) is 0 Å². The Bertz CT molecular complexity index is 521. The van der Waals surface area contributed by atoms with Gasteiger partial charge in [-0.2, -0.15) is 0 Å². The lowest BCUT2D eigenvalue weighted by Crippen LogP contribution is -2.44. The van der Waals surface area contributed by atoms with Crippen molar-refractivity contribution in [3.63, 3.8) is 0 Å². The van der Waals surface area contributed by atoms with E-state index < -0.39 is 0 Å². The van der Waals surface area contributed by atoms with Crippen LogP contribution in [0.2, 0.25) is 0 Å². The normalized spacial score (nSPS) is 17.8. The predicted molar refractivity (Wildman–Crippen MR) is 128 cm³/mol. The summed E-state index contributed by atoms with van der Waals surface area (Å²) in [5.74, 6) is -0.175. The SMILES string of the molecule is CCCCCC[C@@H]1C(=O)O[C@H]1CCCC/C=C/COCCOCCOCC(=O)OCCCC. The molecular weight excluding hydrogens is 424 g/mol. The molecule has 0 aromatic carbocycles. The average Bonchev–Trinajstić information content (AvgIpc) is 2.80. The lowest BCUT2D eigenvalue weighted by molar-refractivity contribution is -0.186. The van der Waals surface area contributed by atoms with E-state index in [0.717, 1.165) is 51.4 Å². The van der Waals surface area contributed by atoms with Crippen molar-refractivity contribution in [3.8, 4) is 0 Å². The van der Waals surface area contributed by atoms with E-state index in [9.17, 15) is 9.59 Å². The zero-order valence-corrected chi connectivity index (χ0v) is 20.9. The van der Waals surface area contributed by atoms with Crippen molar-refractivity contribution in [2.45, 2.75) is 90.6 Å². The van der Waals surface area contributed by atoms with Crippen LogP contribution in [0.15, 0.2) is 12.2 Å². The highest BCUT2D eigenvalue weighted by Gasteiger charge is 2.40. The predicted octanol–water partition coefficient (Wildman–Crippen LogP) is 5.01. The second kappa shape index (κ2) is 21.1. The fourth-order valence-corrected chi connectivity index (χ4v) is 3.56. The van der Waals surface area contributed by atoms with E-state index in [-0.39, 0.29) is 30.6 Å². The van der Waals surface area contributed by atoms with Gasteiger partial charge in [-0.3, -0.25) is 4.79 Å². The van der Waals surface area contributed by atoms with Crippen molar-refractivity contribution >= 4 is 11.9 Å². The molecule has 0 radical (unpaired) electrons. The van der Waals surface area contributed by atoms with Gasteiger partial charge in [-0.25, -0.2) is 4.79 Å². The lowest BCUT2D eigenvalue weighted by atomic mass is 9.87. The Balaban J connectivity index is 1.83. The molecule has 0 unspecified atom stereocenters. The quantitative estimate of drug-likeness (QED) is 0.118. The first kappa shape index (κ1) is 29.6. The highest BCUT2D eigenvalue weighted by Crippen LogP contribution is 2.31. The Morgan fingerprint density at radius 1 is 0.818 bits per heavy atom. The maximum absolute atomic E-state index is 11.6. The number of cyclic esters (lactones) is 1. The van der Waals surface area contributed by atoms with Crippen LogP contribution in [-0.4, -0.2) is 64.3 Å². The second-order valence-electron chi connectivity index (χ2n) is 8.50. The molecule has 1 fully saturated rings. The van der Waals surface area contributed by atoms with E-state index >= 15 is 0 Å². The van der Waals surface area contributed by atoms with E-state index in [1.165, 1.54) is 19.3 Å². The van der Waals surface area contributed by atoms with E-state index in [1.54, 1.807) is 0 Å². The number of unbranched alkanes of at least 4 members (excludes halogenated alkanes) is 6. The summed E-state index contributed by atoms with van der Waals surface area (Å²) in [6.45, 7) is 7.06. The van der Waals surface area contributed by atoms with E-state index in [1.807, 2.05) is 13.0 Å². The van der Waals surface area contributed by atoms with Gasteiger partial charge < -0.3 is 23.7 Å². The topological polar surface area (TPSA) is 80.3 Å². The summed E-state index contributed by atoms with van der Waals surface area (Å²) >= 11 is 0. The third-order valence-corrected chi connectivity index (χ3v) is 5.60. The van der Waals surface area contributed by atoms with Crippen LogP contribution in [0.4, 0.5) is 0 Å². The van der Waals surface area contributed by atoms with Crippen LogP contribution in [0.5, 0.6) is 0 Å². The van der Waals surface area contributed by atoms with Gasteiger partial charge in [-0.05, 0) is 38.5 Å². The molecule has 0 amide bonds. The minimum absolute atomic E-state index is 0.00700. The fraction of sp³-hybridized carbons (Fsp3) is 0.846. The summed E-state index contributed by atoms with van der Waals surface area (Å²) in [7, 11) is 0. The molecule has 7 nitrogen and oxygen atoms in total. The highest BCUT2D eigenvalue weighted by molar-refractivity contribution is 5.78. The van der Waals surface area contributed by atoms with Crippen molar-refractivity contribution in [2.75, 3.05) is 46.2 Å². The standard InChI is InChI=1S/C26H46O7/c1-3-5-7-11-14-23-24(33-26(23)28)15-12-9-8-10-13-16-29-18-19-30-20-21-31-22-25(27)32-17-6-4-2/h10,13,23-24H,3-9,11-12,14-22H2,1-2H3/b13-10+/t23-,24-/m0/s1. The van der Waals surface area contributed by atoms with Crippen molar-refractivity contribution < 1.29 is 33.3 Å². The van der Waals surface area contributed by atoms with Crippen molar-refractivity contribution in [2.24, 2.45) is 5.92 Å². The first-order valence-electron chi connectivity index (χ1n) is 12.9. The lowest BCUT2D eigenvalue weighted by Gasteiger charge is -2.35. The van der Waals surface area contributed by atoms with Crippen molar-refractivity contribution in [1.29, 1.82) is 0 Å². The monoisotopic (exact) mass is 470 g/mol. The van der Waals surface area contributed by atoms with E-state index in [2.05, 4.69) is 13.0 Å². The molecule has 1 rings (SSSR count). The molecule has 0 aliphatic carbocycles. The Morgan fingerprint density at radius 2 is 1.55 bits per heavy atom. The van der Waals surface area contributed by atoms with Gasteiger partial charge in [0.05, 0.1) is 45.6 Å². The summed E-state index contributed by atoms with van der Waals surface area (Å²) < 4.78 is 26.4. The van der Waals surface area contributed by atoms with Gasteiger partial charge in [0.25, 0.3) is 0 Å². The van der Waals surface area contributed by atoms with Crippen LogP contribution in [-0.2, 0) is 33.3 Å². The molecule has 0 spiro atoms. The van der Waals surface area contributed by atoms with Gasteiger partial charge in [0.2, 0.25) is 0 Å². The number of ether oxygens (including phenoxy) is 5. The van der Waals surface area contributed by atoms with Gasteiger partial charge in [-0.15, -0.1) is 0 Å². The van der Waals surface area contributed by atoms with Crippen LogP contribution in [0.25, 0.3) is 0 Å². The molecule has 1 saturated heterocycles. The molecule has 0 N–H and O–H groups in total. The van der Waals surface area contributed by atoms with Gasteiger partial charge >= 0.3 is 11.9 Å². The molecule has 33 heavy (non-hydrogen) atoms. The zero-order valence-electron chi connectivity index (χ0n) is 20.9. The zero-order chi connectivity index (χ0) is 24.0. The van der Waals surface area contributed by atoms with Crippen molar-refractivity contribution in [3.05, 3.63) is 12.2 Å². The number of hydrogen-bond donors (Lipinski definition) is 0. The smallest absolute Gasteiger partial charge is 0.332 e. The fourth-order valence-electron chi connectivity index (χ4n) is 3.56. The van der Waals surface area contributed by atoms with Crippen LogP contribution in [0.3, 0.4) is 0 Å². The highest BCUT2D eigenvalue weighted by atomic mass is 16.6. The maximum atomic E-state index is 11.6. The largest absolute Gasteiger partial charge is 0.464 e. The van der Waals surface area contributed by atoms with Crippen LogP contribution >= 0.6 is 0 Å². The van der Waals surface area contributed by atoms with Gasteiger partial charge in [-0.1, -0.05) is 58.1 Å². The number of carbonyl (C=O) groups is 2. The summed E-state index contributed by atoms with van der Waals surface area (Å²) in [6, 6.07) is 0. The Morgan fingerprint density at radius 3 is 2.30 bits per heavy atom. The summed E-state index contributed by atoms with van der Waals surface area (Å²) in [5.41, 5.74) is 0. The molecule has 1 aliphatic rings. The van der Waals surface area contributed by atoms with E-state index in [4.69, 9.17) is 23.7 Å². The molecule has 2 atom stereocenters. The third-order valence-electron chi connectivity index (χ3n) is 5.60. The molecule has 0 bridgehead atoms. The van der Waals surface area contributed by atoms with Gasteiger partial charge in [0.15, 0.2) is 0 Å². The molecule has 7 heteroatoms. The van der Waals surface area contributed by atoms with Gasteiger partial charge in [0.1, 0.15) is 12.7 Å². The summed E-state index contributed by atoms with van der Waals surface area (Å²) in [4.78, 5) is 23.0. The first-order chi connectivity index (χ1) is 16.2. The summed E-state index contributed by atoms with van der Waals surface area (Å²) in [6.07, 6.45) is 16.2.